The summed E-state index contributed by atoms with van der Waals surface area (Å²) in [4.78, 5) is 0. The minimum atomic E-state index is -0.615. The third-order valence-corrected chi connectivity index (χ3v) is 3.71. The molecule has 1 unspecified atom stereocenters. The van der Waals surface area contributed by atoms with Gasteiger partial charge in [-0.1, -0.05) is 42.3 Å². The quantitative estimate of drug-likeness (QED) is 0.840. The third-order valence-electron chi connectivity index (χ3n) is 2.97. The van der Waals surface area contributed by atoms with E-state index in [2.05, 4.69) is 5.32 Å². The summed E-state index contributed by atoms with van der Waals surface area (Å²) in [7, 11) is 0. The second kappa shape index (κ2) is 6.53. The summed E-state index contributed by atoms with van der Waals surface area (Å²) in [6.07, 6.45) is 0. The van der Waals surface area contributed by atoms with E-state index in [1.807, 2.05) is 6.92 Å². The maximum absolute atomic E-state index is 14.0. The van der Waals surface area contributed by atoms with Crippen molar-refractivity contribution in [2.45, 2.75) is 13.0 Å². The largest absolute Gasteiger partial charge is 0.306 e. The molecule has 0 radical (unpaired) electrons. The van der Waals surface area contributed by atoms with Crippen molar-refractivity contribution in [2.75, 3.05) is 6.54 Å². The molecule has 1 N–H and O–H groups in total. The number of hydrogen-bond donors (Lipinski definition) is 1. The monoisotopic (exact) mass is 315 g/mol. The molecule has 0 heterocycles. The molecule has 0 aliphatic carbocycles. The van der Waals surface area contributed by atoms with E-state index in [1.165, 1.54) is 18.2 Å². The van der Waals surface area contributed by atoms with Crippen LogP contribution in [0.15, 0.2) is 36.4 Å². The van der Waals surface area contributed by atoms with E-state index < -0.39 is 17.7 Å². The molecule has 0 saturated carbocycles. The van der Waals surface area contributed by atoms with Crippen LogP contribution < -0.4 is 5.32 Å². The van der Waals surface area contributed by atoms with Gasteiger partial charge in [-0.25, -0.2) is 8.78 Å². The van der Waals surface area contributed by atoms with Crippen molar-refractivity contribution >= 4 is 23.2 Å². The van der Waals surface area contributed by atoms with Crippen LogP contribution in [-0.4, -0.2) is 6.54 Å². The zero-order chi connectivity index (χ0) is 14.7. The summed E-state index contributed by atoms with van der Waals surface area (Å²) >= 11 is 11.8. The predicted octanol–water partition coefficient (Wildman–Crippen LogP) is 4.97. The lowest BCUT2D eigenvalue weighted by Gasteiger charge is -2.20. The zero-order valence-corrected chi connectivity index (χ0v) is 12.3. The molecule has 2 rings (SSSR count). The van der Waals surface area contributed by atoms with Crippen LogP contribution in [0.5, 0.6) is 0 Å². The van der Waals surface area contributed by atoms with Crippen molar-refractivity contribution < 1.29 is 8.78 Å². The van der Waals surface area contributed by atoms with Crippen LogP contribution in [-0.2, 0) is 0 Å². The van der Waals surface area contributed by atoms with Gasteiger partial charge in [-0.2, -0.15) is 0 Å². The molecule has 2 aromatic rings. The lowest BCUT2D eigenvalue weighted by Crippen LogP contribution is -2.24. The Kier molecular flexibility index (Phi) is 4.97. The lowest BCUT2D eigenvalue weighted by atomic mass is 9.97. The van der Waals surface area contributed by atoms with Gasteiger partial charge in [0.1, 0.15) is 11.6 Å². The molecule has 0 bridgehead atoms. The molecule has 0 aromatic heterocycles. The van der Waals surface area contributed by atoms with Crippen molar-refractivity contribution in [3.05, 3.63) is 69.2 Å². The number of nitrogens with one attached hydrogen (secondary N) is 1. The van der Waals surface area contributed by atoms with Gasteiger partial charge in [0.25, 0.3) is 0 Å². The van der Waals surface area contributed by atoms with E-state index in [4.69, 9.17) is 23.2 Å². The molecule has 106 valence electrons. The summed E-state index contributed by atoms with van der Waals surface area (Å²) in [5.41, 5.74) is 0.637. The van der Waals surface area contributed by atoms with E-state index in [0.29, 0.717) is 22.2 Å². The Balaban J connectivity index is 2.53. The summed E-state index contributed by atoms with van der Waals surface area (Å²) < 4.78 is 27.9. The molecule has 0 aliphatic heterocycles. The first-order chi connectivity index (χ1) is 9.54. The van der Waals surface area contributed by atoms with E-state index in [-0.39, 0.29) is 5.56 Å². The molecular formula is C15H13Cl2F2N. The molecule has 2 aromatic carbocycles. The molecule has 0 amide bonds. The smallest absolute Gasteiger partial charge is 0.131 e. The lowest BCUT2D eigenvalue weighted by molar-refractivity contribution is 0.510. The van der Waals surface area contributed by atoms with Crippen LogP contribution in [0.3, 0.4) is 0 Å². The van der Waals surface area contributed by atoms with Gasteiger partial charge in [-0.3, -0.25) is 0 Å². The van der Waals surface area contributed by atoms with Crippen LogP contribution in [0.4, 0.5) is 8.78 Å². The van der Waals surface area contributed by atoms with Crippen LogP contribution >= 0.6 is 23.2 Å². The van der Waals surface area contributed by atoms with Gasteiger partial charge in [-0.05, 0) is 36.4 Å². The Morgan fingerprint density at radius 2 is 1.70 bits per heavy atom. The topological polar surface area (TPSA) is 12.0 Å². The Morgan fingerprint density at radius 1 is 1.05 bits per heavy atom. The van der Waals surface area contributed by atoms with Crippen molar-refractivity contribution in [3.8, 4) is 0 Å². The van der Waals surface area contributed by atoms with Crippen LogP contribution in [0.1, 0.15) is 24.1 Å². The number of benzene rings is 2. The van der Waals surface area contributed by atoms with Gasteiger partial charge in [0, 0.05) is 5.56 Å². The highest BCUT2D eigenvalue weighted by atomic mass is 35.5. The molecule has 5 heteroatoms. The third kappa shape index (κ3) is 3.11. The van der Waals surface area contributed by atoms with Gasteiger partial charge in [0.05, 0.1) is 16.1 Å². The molecule has 0 fully saturated rings. The molecule has 1 atom stereocenters. The molecule has 20 heavy (non-hydrogen) atoms. The number of hydrogen-bond acceptors (Lipinski definition) is 1. The van der Waals surface area contributed by atoms with E-state index in [1.54, 1.807) is 18.2 Å². The van der Waals surface area contributed by atoms with Crippen molar-refractivity contribution in [3.63, 3.8) is 0 Å². The van der Waals surface area contributed by atoms with Gasteiger partial charge in [-0.15, -0.1) is 0 Å². The van der Waals surface area contributed by atoms with Crippen molar-refractivity contribution in [1.82, 2.24) is 5.32 Å². The van der Waals surface area contributed by atoms with E-state index in [0.717, 1.165) is 0 Å². The van der Waals surface area contributed by atoms with Crippen LogP contribution in [0.2, 0.25) is 10.0 Å². The highest BCUT2D eigenvalue weighted by Crippen LogP contribution is 2.31. The fourth-order valence-electron chi connectivity index (χ4n) is 2.07. The Bertz CT molecular complexity index is 597. The average Bonchev–Trinajstić information content (AvgIpc) is 2.41. The first-order valence-corrected chi connectivity index (χ1v) is 6.92. The zero-order valence-electron chi connectivity index (χ0n) is 10.8. The standard InChI is InChI=1S/C15H13Cl2F2N/c1-2-20-15(9-6-7-10(16)11(17)8-9)14-12(18)4-3-5-13(14)19/h3-8,15,20H,2H2,1H3. The minimum Gasteiger partial charge on any atom is -0.306 e. The minimum absolute atomic E-state index is 0.0206. The van der Waals surface area contributed by atoms with E-state index >= 15 is 0 Å². The number of rotatable bonds is 4. The van der Waals surface area contributed by atoms with E-state index in [9.17, 15) is 8.78 Å². The maximum atomic E-state index is 14.0. The molecule has 0 aliphatic rings. The Labute approximate surface area is 126 Å². The Morgan fingerprint density at radius 3 is 2.25 bits per heavy atom. The van der Waals surface area contributed by atoms with Crippen LogP contribution in [0.25, 0.3) is 0 Å². The first-order valence-electron chi connectivity index (χ1n) is 6.16. The predicted molar refractivity (Wildman–Crippen MR) is 78.3 cm³/mol. The van der Waals surface area contributed by atoms with Crippen molar-refractivity contribution in [2.24, 2.45) is 0 Å². The van der Waals surface area contributed by atoms with Gasteiger partial charge < -0.3 is 5.32 Å². The fraction of sp³-hybridized carbons (Fsp3) is 0.200. The highest BCUT2D eigenvalue weighted by Gasteiger charge is 2.21. The molecular weight excluding hydrogens is 303 g/mol. The second-order valence-corrected chi connectivity index (χ2v) is 5.11. The first kappa shape index (κ1) is 15.2. The SMILES string of the molecule is CCNC(c1ccc(Cl)c(Cl)c1)c1c(F)cccc1F. The summed E-state index contributed by atoms with van der Waals surface area (Å²) in [5, 5.41) is 3.82. The summed E-state index contributed by atoms with van der Waals surface area (Å²) in [6.45, 7) is 2.42. The van der Waals surface area contributed by atoms with Crippen molar-refractivity contribution in [1.29, 1.82) is 0 Å². The summed E-state index contributed by atoms with van der Waals surface area (Å²) in [6, 6.07) is 8.13. The second-order valence-electron chi connectivity index (χ2n) is 4.30. The molecule has 0 spiro atoms. The highest BCUT2D eigenvalue weighted by molar-refractivity contribution is 6.42. The fourth-order valence-corrected chi connectivity index (χ4v) is 2.38. The Hall–Kier alpha value is -1.16. The maximum Gasteiger partial charge on any atom is 0.131 e. The average molecular weight is 316 g/mol. The number of halogens is 4. The van der Waals surface area contributed by atoms with Gasteiger partial charge in [0.2, 0.25) is 0 Å². The summed E-state index contributed by atoms with van der Waals surface area (Å²) in [5.74, 6) is -1.19. The normalized spacial score (nSPS) is 12.4. The van der Waals surface area contributed by atoms with Crippen LogP contribution in [0, 0.1) is 11.6 Å². The van der Waals surface area contributed by atoms with Gasteiger partial charge in [0.15, 0.2) is 0 Å². The molecule has 1 nitrogen and oxygen atoms in total. The molecule has 0 saturated heterocycles. The van der Waals surface area contributed by atoms with Gasteiger partial charge >= 0.3 is 0 Å².